The smallest absolute Gasteiger partial charge is 0.264 e. The topological polar surface area (TPSA) is 71.4 Å². The van der Waals surface area contributed by atoms with Gasteiger partial charge in [0.25, 0.3) is 11.5 Å². The van der Waals surface area contributed by atoms with Crippen molar-refractivity contribution in [3.63, 3.8) is 0 Å². The van der Waals surface area contributed by atoms with E-state index in [-0.39, 0.29) is 29.0 Å². The molecular weight excluding hydrogens is 398 g/mol. The number of fused-ring (bicyclic) bond motifs is 1. The van der Waals surface area contributed by atoms with Gasteiger partial charge in [0.15, 0.2) is 0 Å². The number of carbonyl (C=O) groups excluding carboxylic acids is 2. The Morgan fingerprint density at radius 3 is 2.63 bits per heavy atom. The Hall–Kier alpha value is -2.54. The molecule has 1 N–H and O–H groups in total. The van der Waals surface area contributed by atoms with Gasteiger partial charge in [0.2, 0.25) is 5.91 Å². The summed E-state index contributed by atoms with van der Waals surface area (Å²) in [6, 6.07) is 9.88. The Morgan fingerprint density at radius 2 is 1.97 bits per heavy atom. The fourth-order valence-electron chi connectivity index (χ4n) is 4.03. The first kappa shape index (κ1) is 20.7. The fraction of sp³-hybridized carbons (Fsp3) is 0.435. The van der Waals surface area contributed by atoms with Crippen LogP contribution in [-0.2, 0) is 24.3 Å². The molecule has 0 spiro atoms. The molecule has 1 aromatic carbocycles. The molecule has 0 saturated heterocycles. The lowest BCUT2D eigenvalue weighted by Crippen LogP contribution is -2.42. The van der Waals surface area contributed by atoms with Crippen molar-refractivity contribution in [3.05, 3.63) is 69.1 Å². The zero-order chi connectivity index (χ0) is 21.3. The summed E-state index contributed by atoms with van der Waals surface area (Å²) in [5.74, 6) is 0.703. The molecule has 1 aliphatic carbocycles. The van der Waals surface area contributed by atoms with Crippen LogP contribution >= 0.6 is 11.8 Å². The van der Waals surface area contributed by atoms with Crippen LogP contribution in [0.15, 0.2) is 41.3 Å². The van der Waals surface area contributed by atoms with Gasteiger partial charge < -0.3 is 14.8 Å². The van der Waals surface area contributed by atoms with Crippen LogP contribution in [0.25, 0.3) is 0 Å². The molecule has 1 aliphatic heterocycles. The Bertz CT molecular complexity index is 1020. The summed E-state index contributed by atoms with van der Waals surface area (Å²) in [5.41, 5.74) is 2.67. The van der Waals surface area contributed by atoms with Crippen molar-refractivity contribution in [1.29, 1.82) is 0 Å². The SMILES string of the molecule is CSCC(=O)N1CCc2c(cn(Cc3ccccc3)c(=O)c2C(=O)N[C@@H]2C[C@H]2C)C1. The molecule has 1 aromatic heterocycles. The van der Waals surface area contributed by atoms with Crippen molar-refractivity contribution in [2.24, 2.45) is 5.92 Å². The van der Waals surface area contributed by atoms with Crippen molar-refractivity contribution < 1.29 is 9.59 Å². The summed E-state index contributed by atoms with van der Waals surface area (Å²) in [4.78, 5) is 40.6. The van der Waals surface area contributed by atoms with E-state index in [0.717, 1.165) is 23.1 Å². The van der Waals surface area contributed by atoms with Gasteiger partial charge in [-0.05, 0) is 41.7 Å². The van der Waals surface area contributed by atoms with Crippen LogP contribution in [0.4, 0.5) is 0 Å². The van der Waals surface area contributed by atoms with Crippen molar-refractivity contribution in [2.45, 2.75) is 38.9 Å². The molecule has 0 bridgehead atoms. The zero-order valence-electron chi connectivity index (χ0n) is 17.4. The normalized spacial score (nSPS) is 19.9. The molecule has 7 heteroatoms. The molecule has 1 fully saturated rings. The molecule has 158 valence electrons. The number of carbonyl (C=O) groups is 2. The van der Waals surface area contributed by atoms with Crippen molar-refractivity contribution >= 4 is 23.6 Å². The number of pyridine rings is 1. The predicted molar refractivity (Wildman–Crippen MR) is 119 cm³/mol. The highest BCUT2D eigenvalue weighted by Crippen LogP contribution is 2.30. The molecule has 2 heterocycles. The summed E-state index contributed by atoms with van der Waals surface area (Å²) in [7, 11) is 0. The minimum Gasteiger partial charge on any atom is -0.349 e. The lowest BCUT2D eigenvalue weighted by atomic mass is 9.95. The van der Waals surface area contributed by atoms with E-state index in [1.807, 2.05) is 47.7 Å². The van der Waals surface area contributed by atoms with Gasteiger partial charge in [0.05, 0.1) is 12.3 Å². The van der Waals surface area contributed by atoms with Crippen LogP contribution in [0.1, 0.15) is 40.4 Å². The molecule has 1 saturated carbocycles. The maximum atomic E-state index is 13.3. The summed E-state index contributed by atoms with van der Waals surface area (Å²) < 4.78 is 1.61. The zero-order valence-corrected chi connectivity index (χ0v) is 18.2. The summed E-state index contributed by atoms with van der Waals surface area (Å²) in [6.45, 7) is 3.46. The number of thioether (sulfide) groups is 1. The van der Waals surface area contributed by atoms with Gasteiger partial charge in [-0.3, -0.25) is 14.4 Å². The van der Waals surface area contributed by atoms with Gasteiger partial charge >= 0.3 is 0 Å². The van der Waals surface area contributed by atoms with E-state index in [0.29, 0.717) is 37.7 Å². The first-order valence-electron chi connectivity index (χ1n) is 10.3. The highest BCUT2D eigenvalue weighted by molar-refractivity contribution is 7.99. The molecule has 4 rings (SSSR count). The van der Waals surface area contributed by atoms with E-state index >= 15 is 0 Å². The maximum Gasteiger partial charge on any atom is 0.264 e. The van der Waals surface area contributed by atoms with E-state index in [1.54, 1.807) is 4.57 Å². The number of hydrogen-bond acceptors (Lipinski definition) is 4. The molecule has 2 atom stereocenters. The van der Waals surface area contributed by atoms with E-state index in [1.165, 1.54) is 11.8 Å². The number of nitrogens with one attached hydrogen (secondary N) is 1. The second-order valence-corrected chi connectivity index (χ2v) is 9.08. The molecule has 30 heavy (non-hydrogen) atoms. The molecule has 6 nitrogen and oxygen atoms in total. The monoisotopic (exact) mass is 425 g/mol. The second-order valence-electron chi connectivity index (χ2n) is 8.22. The Balaban J connectivity index is 1.71. The summed E-state index contributed by atoms with van der Waals surface area (Å²) in [6.07, 6.45) is 5.23. The quantitative estimate of drug-likeness (QED) is 0.771. The number of aromatic nitrogens is 1. The number of hydrogen-bond donors (Lipinski definition) is 1. The standard InChI is InChI=1S/C23H27N3O3S/c1-15-10-19(15)24-22(28)21-18-8-9-25(20(27)14-30-2)12-17(18)13-26(23(21)29)11-16-6-4-3-5-7-16/h3-7,13,15,19H,8-12,14H2,1-2H3,(H,24,28)/t15-,19-/m1/s1. The van der Waals surface area contributed by atoms with Crippen LogP contribution in [0.2, 0.25) is 0 Å². The van der Waals surface area contributed by atoms with Crippen LogP contribution < -0.4 is 10.9 Å². The lowest BCUT2D eigenvalue weighted by Gasteiger charge is -2.30. The minimum absolute atomic E-state index is 0.0896. The largest absolute Gasteiger partial charge is 0.349 e. The molecule has 0 radical (unpaired) electrons. The molecular formula is C23H27N3O3S. The summed E-state index contributed by atoms with van der Waals surface area (Å²) >= 11 is 1.50. The fourth-order valence-corrected chi connectivity index (χ4v) is 4.46. The third kappa shape index (κ3) is 4.31. The van der Waals surface area contributed by atoms with Gasteiger partial charge in [-0.25, -0.2) is 0 Å². The Labute approximate surface area is 180 Å². The van der Waals surface area contributed by atoms with Crippen LogP contribution in [0, 0.1) is 5.92 Å². The summed E-state index contributed by atoms with van der Waals surface area (Å²) in [5, 5.41) is 3.02. The van der Waals surface area contributed by atoms with Crippen LogP contribution in [-0.4, -0.2) is 45.9 Å². The number of benzene rings is 1. The van der Waals surface area contributed by atoms with Gasteiger partial charge in [-0.15, -0.1) is 0 Å². The number of nitrogens with zero attached hydrogens (tertiary/aromatic N) is 2. The number of rotatable bonds is 6. The Kier molecular flexibility index (Phi) is 5.99. The van der Waals surface area contributed by atoms with Gasteiger partial charge in [-0.2, -0.15) is 11.8 Å². The second kappa shape index (κ2) is 8.68. The van der Waals surface area contributed by atoms with E-state index < -0.39 is 0 Å². The third-order valence-electron chi connectivity index (χ3n) is 5.94. The first-order valence-corrected chi connectivity index (χ1v) is 11.7. The van der Waals surface area contributed by atoms with Gasteiger partial charge in [0.1, 0.15) is 5.56 Å². The van der Waals surface area contributed by atoms with Crippen LogP contribution in [0.5, 0.6) is 0 Å². The van der Waals surface area contributed by atoms with Crippen molar-refractivity contribution in [3.8, 4) is 0 Å². The average Bonchev–Trinajstić information content (AvgIpc) is 3.43. The number of amides is 2. The predicted octanol–water partition coefficient (Wildman–Crippen LogP) is 2.28. The van der Waals surface area contributed by atoms with Crippen molar-refractivity contribution in [1.82, 2.24) is 14.8 Å². The average molecular weight is 426 g/mol. The minimum atomic E-state index is -0.281. The van der Waals surface area contributed by atoms with E-state index in [2.05, 4.69) is 12.2 Å². The van der Waals surface area contributed by atoms with Gasteiger partial charge in [-0.1, -0.05) is 37.3 Å². The molecule has 2 amide bonds. The Morgan fingerprint density at radius 1 is 1.23 bits per heavy atom. The third-order valence-corrected chi connectivity index (χ3v) is 6.47. The molecule has 2 aromatic rings. The highest BCUT2D eigenvalue weighted by atomic mass is 32.2. The van der Waals surface area contributed by atoms with E-state index in [9.17, 15) is 14.4 Å². The lowest BCUT2D eigenvalue weighted by molar-refractivity contribution is -0.129. The maximum absolute atomic E-state index is 13.3. The van der Waals surface area contributed by atoms with Gasteiger partial charge in [0, 0.05) is 25.3 Å². The van der Waals surface area contributed by atoms with Crippen molar-refractivity contribution in [2.75, 3.05) is 18.6 Å². The molecule has 2 aliphatic rings. The molecule has 0 unspecified atom stereocenters. The van der Waals surface area contributed by atoms with Crippen LogP contribution in [0.3, 0.4) is 0 Å². The first-order chi connectivity index (χ1) is 14.5. The highest BCUT2D eigenvalue weighted by Gasteiger charge is 2.36. The van der Waals surface area contributed by atoms with E-state index in [4.69, 9.17) is 0 Å².